The molecule has 1 aliphatic rings. The molecule has 4 rings (SSSR count). The number of nitrogens with one attached hydrogen (secondary N) is 1. The predicted molar refractivity (Wildman–Crippen MR) is 134 cm³/mol. The zero-order valence-corrected chi connectivity index (χ0v) is 19.8. The summed E-state index contributed by atoms with van der Waals surface area (Å²) >= 11 is 1.44. The molecular weight excluding hydrogens is 451 g/mol. The van der Waals surface area contributed by atoms with Crippen molar-refractivity contribution in [2.75, 3.05) is 24.3 Å². The van der Waals surface area contributed by atoms with E-state index in [1.807, 2.05) is 30.3 Å². The lowest BCUT2D eigenvalue weighted by Gasteiger charge is -2.26. The topological polar surface area (TPSA) is 58.6 Å². The van der Waals surface area contributed by atoms with E-state index in [-0.39, 0.29) is 22.9 Å². The fourth-order valence-corrected chi connectivity index (χ4v) is 5.18. The van der Waals surface area contributed by atoms with Crippen molar-refractivity contribution in [3.05, 3.63) is 95.3 Å². The molecule has 0 bridgehead atoms. The van der Waals surface area contributed by atoms with E-state index in [0.29, 0.717) is 23.5 Å². The number of ether oxygens (including phenoxy) is 1. The average Bonchev–Trinajstić information content (AvgIpc) is 3.25. The Bertz CT molecular complexity index is 1160. The summed E-state index contributed by atoms with van der Waals surface area (Å²) in [6, 6.07) is 21.7. The first-order valence-electron chi connectivity index (χ1n) is 11.3. The lowest BCUT2D eigenvalue weighted by Crippen LogP contribution is -2.29. The third kappa shape index (κ3) is 5.59. The number of methoxy groups -OCH3 is 1. The summed E-state index contributed by atoms with van der Waals surface area (Å²) in [6.07, 6.45) is 2.87. The number of carbonyl (C=O) groups is 2. The molecule has 1 fully saturated rings. The van der Waals surface area contributed by atoms with E-state index in [1.165, 1.54) is 42.6 Å². The van der Waals surface area contributed by atoms with Crippen molar-refractivity contribution in [1.29, 1.82) is 0 Å². The Morgan fingerprint density at radius 3 is 2.71 bits per heavy atom. The number of benzene rings is 3. The maximum absolute atomic E-state index is 14.0. The summed E-state index contributed by atoms with van der Waals surface area (Å²) in [5.41, 5.74) is 3.02. The number of anilines is 1. The lowest BCUT2D eigenvalue weighted by atomic mass is 10.1. The van der Waals surface area contributed by atoms with Gasteiger partial charge in [0.15, 0.2) is 0 Å². The van der Waals surface area contributed by atoms with Crippen LogP contribution in [-0.2, 0) is 11.2 Å². The van der Waals surface area contributed by atoms with Gasteiger partial charge in [-0.2, -0.15) is 0 Å². The number of hydrogen-bond acceptors (Lipinski definition) is 4. The minimum atomic E-state index is -0.445. The van der Waals surface area contributed by atoms with Crippen LogP contribution < -0.4 is 15.0 Å². The maximum Gasteiger partial charge on any atom is 0.251 e. The van der Waals surface area contributed by atoms with E-state index in [0.717, 1.165) is 24.8 Å². The summed E-state index contributed by atoms with van der Waals surface area (Å²) in [7, 11) is 1.49. The molecule has 1 atom stereocenters. The van der Waals surface area contributed by atoms with Crippen molar-refractivity contribution in [3.8, 4) is 5.75 Å². The van der Waals surface area contributed by atoms with Crippen molar-refractivity contribution in [3.63, 3.8) is 0 Å². The average molecular weight is 479 g/mol. The summed E-state index contributed by atoms with van der Waals surface area (Å²) in [4.78, 5) is 27.0. The highest BCUT2D eigenvalue weighted by atomic mass is 32.2. The molecule has 1 heterocycles. The Balaban J connectivity index is 1.41. The fraction of sp³-hybridized carbons (Fsp3) is 0.259. The summed E-state index contributed by atoms with van der Waals surface area (Å²) in [6.45, 7) is 0.596. The Labute approximate surface area is 203 Å². The predicted octanol–water partition coefficient (Wildman–Crippen LogP) is 5.37. The van der Waals surface area contributed by atoms with Crippen LogP contribution in [0.2, 0.25) is 0 Å². The first-order valence-corrected chi connectivity index (χ1v) is 12.3. The zero-order valence-electron chi connectivity index (χ0n) is 19.0. The highest BCUT2D eigenvalue weighted by Gasteiger charge is 2.36. The molecule has 3 aromatic carbocycles. The van der Waals surface area contributed by atoms with Crippen LogP contribution in [-0.4, -0.2) is 31.2 Å². The molecule has 7 heteroatoms. The van der Waals surface area contributed by atoms with Crippen molar-refractivity contribution in [2.24, 2.45) is 0 Å². The van der Waals surface area contributed by atoms with E-state index < -0.39 is 5.82 Å². The van der Waals surface area contributed by atoms with E-state index in [9.17, 15) is 14.0 Å². The van der Waals surface area contributed by atoms with Gasteiger partial charge in [-0.15, -0.1) is 11.8 Å². The van der Waals surface area contributed by atoms with Gasteiger partial charge in [-0.25, -0.2) is 4.39 Å². The number of nitrogens with zero attached hydrogens (tertiary/aromatic N) is 1. The second kappa shape index (κ2) is 11.2. The van der Waals surface area contributed by atoms with Crippen molar-refractivity contribution >= 4 is 29.3 Å². The molecule has 1 unspecified atom stereocenters. The molecule has 34 heavy (non-hydrogen) atoms. The molecular formula is C27H27FN2O3S. The molecule has 0 saturated carbocycles. The van der Waals surface area contributed by atoms with Crippen molar-refractivity contribution in [2.45, 2.75) is 24.6 Å². The zero-order chi connectivity index (χ0) is 23.9. The Morgan fingerprint density at radius 1 is 1.09 bits per heavy atom. The number of unbranched alkanes of at least 4 members (excludes halogenated alkanes) is 1. The Hall–Kier alpha value is -3.32. The number of amides is 2. The molecule has 0 radical (unpaired) electrons. The van der Waals surface area contributed by atoms with Crippen LogP contribution in [0.25, 0.3) is 0 Å². The van der Waals surface area contributed by atoms with Gasteiger partial charge < -0.3 is 10.1 Å². The van der Waals surface area contributed by atoms with Crippen LogP contribution in [0.3, 0.4) is 0 Å². The molecule has 0 spiro atoms. The highest BCUT2D eigenvalue weighted by molar-refractivity contribution is 8.00. The van der Waals surface area contributed by atoms with E-state index in [2.05, 4.69) is 17.4 Å². The van der Waals surface area contributed by atoms with Crippen LogP contribution in [0.4, 0.5) is 10.1 Å². The Kier molecular flexibility index (Phi) is 7.85. The quantitative estimate of drug-likeness (QED) is 0.421. The SMILES string of the molecule is COc1ccc(F)cc1N1C(=O)CSC1c1cccc(C(=O)NCCCCc2ccccc2)c1. The van der Waals surface area contributed by atoms with Crippen LogP contribution in [0.5, 0.6) is 5.75 Å². The van der Waals surface area contributed by atoms with Gasteiger partial charge in [-0.05, 0) is 54.7 Å². The van der Waals surface area contributed by atoms with Crippen LogP contribution in [0.15, 0.2) is 72.8 Å². The fourth-order valence-electron chi connectivity index (χ4n) is 4.02. The number of thioether (sulfide) groups is 1. The summed E-state index contributed by atoms with van der Waals surface area (Å²) in [5, 5.41) is 2.61. The third-order valence-corrected chi connectivity index (χ3v) is 6.94. The van der Waals surface area contributed by atoms with Gasteiger partial charge in [0.25, 0.3) is 5.91 Å². The van der Waals surface area contributed by atoms with Crippen LogP contribution in [0, 0.1) is 5.82 Å². The third-order valence-electron chi connectivity index (χ3n) is 5.72. The highest BCUT2D eigenvalue weighted by Crippen LogP contribution is 2.45. The second-order valence-corrected chi connectivity index (χ2v) is 9.14. The molecule has 1 aliphatic heterocycles. The van der Waals surface area contributed by atoms with Gasteiger partial charge >= 0.3 is 0 Å². The molecule has 176 valence electrons. The number of rotatable bonds is 9. The summed E-state index contributed by atoms with van der Waals surface area (Å²) in [5.74, 6) is -0.0356. The molecule has 0 aliphatic carbocycles. The van der Waals surface area contributed by atoms with Gasteiger partial charge in [0.2, 0.25) is 5.91 Å². The van der Waals surface area contributed by atoms with Crippen LogP contribution >= 0.6 is 11.8 Å². The number of halogens is 1. The second-order valence-electron chi connectivity index (χ2n) is 8.07. The van der Waals surface area contributed by atoms with Gasteiger partial charge in [-0.3, -0.25) is 14.5 Å². The first-order chi connectivity index (χ1) is 16.6. The van der Waals surface area contributed by atoms with E-state index >= 15 is 0 Å². The van der Waals surface area contributed by atoms with Crippen molar-refractivity contribution < 1.29 is 18.7 Å². The monoisotopic (exact) mass is 478 g/mol. The molecule has 1 saturated heterocycles. The number of hydrogen-bond donors (Lipinski definition) is 1. The smallest absolute Gasteiger partial charge is 0.251 e. The molecule has 5 nitrogen and oxygen atoms in total. The molecule has 0 aromatic heterocycles. The molecule has 3 aromatic rings. The van der Waals surface area contributed by atoms with Gasteiger partial charge in [0, 0.05) is 18.2 Å². The molecule has 1 N–H and O–H groups in total. The van der Waals surface area contributed by atoms with Gasteiger partial charge in [-0.1, -0.05) is 42.5 Å². The summed E-state index contributed by atoms with van der Waals surface area (Å²) < 4.78 is 19.3. The standard InChI is InChI=1S/C27H27FN2O3S/c1-33-24-14-13-22(28)17-23(24)30-25(31)18-34-27(30)21-12-7-11-20(16-21)26(32)29-15-6-5-10-19-8-3-2-4-9-19/h2-4,7-9,11-14,16-17,27H,5-6,10,15,18H2,1H3,(H,29,32). The first kappa shape index (κ1) is 23.8. The minimum Gasteiger partial charge on any atom is -0.495 e. The molecule has 2 amide bonds. The maximum atomic E-state index is 14.0. The lowest BCUT2D eigenvalue weighted by molar-refractivity contribution is -0.115. The number of aryl methyl sites for hydroxylation is 1. The largest absolute Gasteiger partial charge is 0.495 e. The Morgan fingerprint density at radius 2 is 1.91 bits per heavy atom. The van der Waals surface area contributed by atoms with E-state index in [4.69, 9.17) is 4.74 Å². The van der Waals surface area contributed by atoms with Crippen molar-refractivity contribution in [1.82, 2.24) is 5.32 Å². The number of carbonyl (C=O) groups excluding carboxylic acids is 2. The van der Waals surface area contributed by atoms with Gasteiger partial charge in [0.1, 0.15) is 16.9 Å². The van der Waals surface area contributed by atoms with Gasteiger partial charge in [0.05, 0.1) is 18.6 Å². The van der Waals surface area contributed by atoms with Crippen LogP contribution in [0.1, 0.15) is 39.7 Å². The van der Waals surface area contributed by atoms with E-state index in [1.54, 1.807) is 17.0 Å². The minimum absolute atomic E-state index is 0.132. The normalized spacial score (nSPS) is 15.4.